The fourth-order valence-corrected chi connectivity index (χ4v) is 10.8. The molecule has 0 unspecified atom stereocenters. The van der Waals surface area contributed by atoms with Crippen LogP contribution in [0.3, 0.4) is 0 Å². The van der Waals surface area contributed by atoms with Gasteiger partial charge < -0.3 is 68.0 Å². The second-order valence-electron chi connectivity index (χ2n) is 22.5. The van der Waals surface area contributed by atoms with E-state index >= 15 is 0 Å². The van der Waals surface area contributed by atoms with Gasteiger partial charge in [-0.05, 0) is 41.5 Å². The van der Waals surface area contributed by atoms with Crippen molar-refractivity contribution in [1.82, 2.24) is 64.3 Å². The standard InChI is InChI=1S/C11H16N2O3S.C10H13NO4S.2C9H13N3O2S.C8H10N2O3S.2C6H5NO4S.BI3.2BI2.3BI.B.2V/c1-11(2,3)16-10(15)7-6-17-8(12-7)9(14)13(4)5;1-10(2,3)15-8(12)6-5-16-7(11-6)9(13)14-4;2*1-11(2)8(13)6-5-15-7(10-6)9(14)12(3)4;1-10(2)7(11)5-4-14-6(9-5)8(12)13-3;2*1-11-6(10)4-7-3(2-12-4)5(8)9;2-1(3)4;2*2-1-3;3*1-2;;;/h6H,1-5H3;5H,1-4H3;2*5H,1-4H3;4H,1-3H3;2*2H,1H3,(H,8,9);;;;;;;;;. The van der Waals surface area contributed by atoms with Crippen LogP contribution in [0.2, 0.25) is 0 Å². The van der Waals surface area contributed by atoms with Crippen molar-refractivity contribution in [2.75, 3.05) is 113 Å². The first-order valence-electron chi connectivity index (χ1n) is 30.2. The summed E-state index contributed by atoms with van der Waals surface area (Å²) in [5, 5.41) is 28.6. The number of rotatable bonds is 14. The first-order valence-corrected chi connectivity index (χ1v) is 48.8. The van der Waals surface area contributed by atoms with Crippen molar-refractivity contribution < 1.29 is 143 Å². The molecule has 35 nitrogen and oxygen atoms in total. The monoisotopic (exact) mass is 2990 g/mol. The SMILES string of the molecule is CN(C)C(=O)c1csc(C(=O)N(C)C)n1.CN(C)C(=O)c1csc(C(=O)N(C)C)n1.CN(C)C(=O)c1nc(C(=O)OC(C)(C)C)cs1.COC(=O)c1nc(C(=O)N(C)C)cs1.COC(=O)c1nc(C(=O)O)cs1.COC(=O)c1nc(C(=O)O)cs1.COC(=O)c1nc(C(=O)OC(C)(C)C)cs1.IB(I)I.I[B]I.I[B]I.[B].[B]I.[B]I.[B]I.[V].[V]. The van der Waals surface area contributed by atoms with E-state index in [4.69, 9.17) is 19.7 Å². The molecule has 0 atom stereocenters. The van der Waals surface area contributed by atoms with Crippen LogP contribution < -0.4 is 0 Å². The topological polar surface area (TPSA) is 444 Å². The minimum Gasteiger partial charge on any atom is -0.476 e. The van der Waals surface area contributed by atoms with E-state index in [1.165, 1.54) is 107 Å². The summed E-state index contributed by atoms with van der Waals surface area (Å²) in [6.07, 6.45) is 0. The summed E-state index contributed by atoms with van der Waals surface area (Å²) < 4.78 is 32.5. The van der Waals surface area contributed by atoms with Crippen LogP contribution in [0, 0.1) is 0 Å². The first-order chi connectivity index (χ1) is 54.3. The Bertz CT molecular complexity index is 4010. The third-order valence-electron chi connectivity index (χ3n) is 10.3. The van der Waals surface area contributed by atoms with Crippen LogP contribution in [0.4, 0.5) is 0 Å². The van der Waals surface area contributed by atoms with Crippen molar-refractivity contribution in [1.29, 1.82) is 0 Å². The number of aromatic carboxylic acids is 2. The zero-order chi connectivity index (χ0) is 92.7. The van der Waals surface area contributed by atoms with E-state index < -0.39 is 59.0 Å². The van der Waals surface area contributed by atoms with Gasteiger partial charge in [-0.3, -0.25) is 28.8 Å². The van der Waals surface area contributed by atoms with Crippen LogP contribution in [-0.2, 0) is 65.5 Å². The van der Waals surface area contributed by atoms with Gasteiger partial charge in [-0.1, -0.05) is 0 Å². The van der Waals surface area contributed by atoms with Crippen molar-refractivity contribution in [3.8, 4) is 0 Å². The van der Waals surface area contributed by atoms with Gasteiger partial charge in [0.25, 0.3) is 41.4 Å². The molecule has 7 aromatic heterocycles. The molecule has 0 saturated heterocycles. The number of halogens is 10. The number of hydrogen-bond donors (Lipinski definition) is 2. The van der Waals surface area contributed by atoms with Crippen LogP contribution in [0.15, 0.2) is 37.7 Å². The average molecular weight is 2990 g/mol. The fraction of sp³-hybridized carbons (Fsp3) is 0.407. The summed E-state index contributed by atoms with van der Waals surface area (Å²) in [4.78, 5) is 192. The van der Waals surface area contributed by atoms with Gasteiger partial charge in [-0.25, -0.2) is 73.2 Å². The molecule has 0 aliphatic heterocycles. The molecule has 13 radical (unpaired) electrons. The largest absolute Gasteiger partial charge is 0.476 e. The molecule has 0 aliphatic rings. The molecule has 7 rings (SSSR count). The molecule has 7 heterocycles. The number of carboxylic acids is 2. The molecule has 0 saturated carbocycles. The smallest absolute Gasteiger partial charge is 0.367 e. The van der Waals surface area contributed by atoms with E-state index in [2.05, 4.69) is 228 Å². The van der Waals surface area contributed by atoms with Gasteiger partial charge in [0.15, 0.2) is 54.9 Å². The molecule has 0 aliphatic carbocycles. The molecule has 0 spiro atoms. The molecule has 0 fully saturated rings. The molecular weight excluding hydrogens is 2910 g/mol. The van der Waals surface area contributed by atoms with E-state index in [1.807, 2.05) is 5.98 Å². The van der Waals surface area contributed by atoms with E-state index in [0.29, 0.717) is 21.4 Å². The summed E-state index contributed by atoms with van der Waals surface area (Å²) in [6, 6.07) is 0. The normalized spacial score (nSPS) is 9.10. The summed E-state index contributed by atoms with van der Waals surface area (Å²) in [5.41, 5.74) is 13.2. The summed E-state index contributed by atoms with van der Waals surface area (Å²) in [6.45, 7) is 10.6. The van der Waals surface area contributed by atoms with Crippen molar-refractivity contribution in [3.63, 3.8) is 0 Å². The first kappa shape index (κ1) is 137. The van der Waals surface area contributed by atoms with Crippen LogP contribution >= 0.6 is 303 Å². The van der Waals surface area contributed by atoms with E-state index in [1.54, 1.807) is 204 Å². The number of nitrogens with zero attached hydrogens (tertiary/aromatic N) is 13. The second-order valence-corrected chi connectivity index (χ2v) is 46.6. The molecule has 61 heteroatoms. The number of carbonyl (C=O) groups is 14. The Hall–Kier alpha value is -1.09. The quantitative estimate of drug-likeness (QED) is 0.0442. The number of amides is 6. The zero-order valence-electron chi connectivity index (χ0n) is 67.5. The Kier molecular flexibility index (Phi) is 87.5. The number of hydrogen-bond acceptors (Lipinski definition) is 34. The Balaban J connectivity index is -0.000000166. The fourth-order valence-electron chi connectivity index (χ4n) is 5.54. The number of ether oxygens (including phenoxy) is 6. The predicted molar refractivity (Wildman–Crippen MR) is 553 cm³/mol. The molecule has 651 valence electrons. The van der Waals surface area contributed by atoms with Gasteiger partial charge in [0, 0.05) is 168 Å². The minimum absolute atomic E-state index is 0. The van der Waals surface area contributed by atoms with Crippen molar-refractivity contribution in [2.45, 2.75) is 52.7 Å². The summed E-state index contributed by atoms with van der Waals surface area (Å²) >= 11 is 28.0. The average Bonchev–Trinajstić information content (AvgIpc) is 1.72. The Labute approximate surface area is 889 Å². The third-order valence-corrected chi connectivity index (χ3v) is 16.0. The summed E-state index contributed by atoms with van der Waals surface area (Å²) in [7, 11) is 24.7. The molecule has 6 amide bonds. The summed E-state index contributed by atoms with van der Waals surface area (Å²) in [5.74, 6) is -6.86. The van der Waals surface area contributed by atoms with Gasteiger partial charge in [0.2, 0.25) is 20.0 Å². The molecule has 0 aromatic carbocycles. The Morgan fingerprint density at radius 3 is 0.625 bits per heavy atom. The number of carboxylic acid groups (broad SMARTS) is 2. The zero-order valence-corrected chi connectivity index (χ0v) is 97.6. The van der Waals surface area contributed by atoms with E-state index in [-0.39, 0.29) is 134 Å². The molecule has 7 aromatic rings. The van der Waals surface area contributed by atoms with Gasteiger partial charge in [-0.2, -0.15) is 67.1 Å². The van der Waals surface area contributed by atoms with Crippen LogP contribution in [0.1, 0.15) is 184 Å². The number of methoxy groups -OCH3 is 4. The van der Waals surface area contributed by atoms with Gasteiger partial charge >= 0.3 is 48.0 Å². The molecule has 120 heavy (non-hydrogen) atoms. The predicted octanol–water partition coefficient (Wildman–Crippen LogP) is 12.9. The van der Waals surface area contributed by atoms with E-state index in [9.17, 15) is 67.1 Å². The molecular formula is C59H75B7I10N13O22S7V2. The number of carbonyl (C=O) groups excluding carboxylic acids is 12. The van der Waals surface area contributed by atoms with Gasteiger partial charge in [-0.15, -0.1) is 236 Å². The minimum atomic E-state index is -1.15. The maximum absolute atomic E-state index is 11.7. The van der Waals surface area contributed by atoms with Crippen molar-refractivity contribution in [3.05, 3.63) is 113 Å². The maximum atomic E-state index is 11.7. The van der Waals surface area contributed by atoms with Gasteiger partial charge in [0.05, 0.1) is 28.4 Å². The molecule has 0 bridgehead atoms. The van der Waals surface area contributed by atoms with Gasteiger partial charge in [0.1, 0.15) is 28.3 Å². The van der Waals surface area contributed by atoms with Crippen LogP contribution in [0.25, 0.3) is 0 Å². The second kappa shape index (κ2) is 76.7. The van der Waals surface area contributed by atoms with Crippen LogP contribution in [-0.4, -0.2) is 314 Å². The van der Waals surface area contributed by atoms with E-state index in [0.717, 1.165) is 57.0 Å². The number of thiazole rings is 7. The number of esters is 6. The Morgan fingerprint density at radius 2 is 0.467 bits per heavy atom. The van der Waals surface area contributed by atoms with Crippen molar-refractivity contribution >= 4 is 418 Å². The third kappa shape index (κ3) is 61.4. The Morgan fingerprint density at radius 1 is 0.325 bits per heavy atom. The van der Waals surface area contributed by atoms with Crippen molar-refractivity contribution in [2.24, 2.45) is 0 Å². The number of aromatic nitrogens is 7. The van der Waals surface area contributed by atoms with Crippen LogP contribution in [0.5, 0.6) is 0 Å². The molecule has 2 N–H and O–H groups in total. The maximum Gasteiger partial charge on any atom is 0.367 e.